The Bertz CT molecular complexity index is 175. The minimum Gasteiger partial charge on any atom is -0.329 e. The van der Waals surface area contributed by atoms with Crippen LogP contribution in [0.5, 0.6) is 0 Å². The molecule has 2 heteroatoms. The zero-order valence-electron chi connectivity index (χ0n) is 10.8. The Morgan fingerprint density at radius 1 is 1.27 bits per heavy atom. The minimum absolute atomic E-state index is 0.235. The van der Waals surface area contributed by atoms with Gasteiger partial charge in [0.2, 0.25) is 0 Å². The van der Waals surface area contributed by atoms with Gasteiger partial charge in [0.15, 0.2) is 0 Å². The summed E-state index contributed by atoms with van der Waals surface area (Å²) < 4.78 is 0. The summed E-state index contributed by atoms with van der Waals surface area (Å²) >= 11 is 0. The van der Waals surface area contributed by atoms with Crippen molar-refractivity contribution in [2.45, 2.75) is 70.9 Å². The van der Waals surface area contributed by atoms with Crippen molar-refractivity contribution in [2.75, 3.05) is 13.1 Å². The van der Waals surface area contributed by atoms with E-state index in [1.165, 1.54) is 38.5 Å². The molecule has 1 aliphatic carbocycles. The number of likely N-dealkylation sites (N-methyl/N-ethyl adjacent to an activating group) is 1. The third-order valence-electron chi connectivity index (χ3n) is 4.03. The number of nitrogens with two attached hydrogens (primary N) is 1. The van der Waals surface area contributed by atoms with E-state index in [9.17, 15) is 0 Å². The minimum atomic E-state index is 0.235. The van der Waals surface area contributed by atoms with Crippen LogP contribution in [0.2, 0.25) is 0 Å². The van der Waals surface area contributed by atoms with E-state index >= 15 is 0 Å². The summed E-state index contributed by atoms with van der Waals surface area (Å²) in [7, 11) is 0. The van der Waals surface area contributed by atoms with Gasteiger partial charge in [-0.15, -0.1) is 0 Å². The first kappa shape index (κ1) is 13.0. The molecule has 0 aromatic heterocycles. The van der Waals surface area contributed by atoms with Gasteiger partial charge in [-0.05, 0) is 32.7 Å². The molecular formula is C13H28N2. The Balaban J connectivity index is 2.68. The van der Waals surface area contributed by atoms with Crippen molar-refractivity contribution in [2.24, 2.45) is 5.73 Å². The number of hydrogen-bond acceptors (Lipinski definition) is 2. The summed E-state index contributed by atoms with van der Waals surface area (Å²) in [5.41, 5.74) is 6.23. The lowest BCUT2D eigenvalue weighted by Gasteiger charge is -2.44. The molecule has 0 radical (unpaired) electrons. The molecular weight excluding hydrogens is 184 g/mol. The van der Waals surface area contributed by atoms with Crippen molar-refractivity contribution in [3.8, 4) is 0 Å². The average Bonchev–Trinajstić information content (AvgIpc) is 2.72. The van der Waals surface area contributed by atoms with Crippen LogP contribution in [-0.4, -0.2) is 29.6 Å². The maximum Gasteiger partial charge on any atom is 0.0306 e. The summed E-state index contributed by atoms with van der Waals surface area (Å²) in [5.74, 6) is 0. The molecule has 0 heterocycles. The lowest BCUT2D eigenvalue weighted by molar-refractivity contribution is 0.0612. The summed E-state index contributed by atoms with van der Waals surface area (Å²) in [4.78, 5) is 2.67. The van der Waals surface area contributed by atoms with Gasteiger partial charge in [-0.3, -0.25) is 4.90 Å². The number of nitrogens with zero attached hydrogens (tertiary/aromatic N) is 1. The molecule has 1 fully saturated rings. The van der Waals surface area contributed by atoms with Gasteiger partial charge >= 0.3 is 0 Å². The van der Waals surface area contributed by atoms with Crippen molar-refractivity contribution in [3.63, 3.8) is 0 Å². The standard InChI is InChI=1S/C13H28N2/c1-4-10-13(3,11-14)15(5-2)12-8-6-7-9-12/h12H,4-11,14H2,1-3H3. The van der Waals surface area contributed by atoms with Crippen molar-refractivity contribution in [1.82, 2.24) is 4.90 Å². The molecule has 1 aliphatic rings. The van der Waals surface area contributed by atoms with E-state index in [4.69, 9.17) is 5.73 Å². The van der Waals surface area contributed by atoms with E-state index in [0.29, 0.717) is 0 Å². The van der Waals surface area contributed by atoms with Gasteiger partial charge in [0, 0.05) is 18.1 Å². The first-order valence-electron chi connectivity index (χ1n) is 6.64. The van der Waals surface area contributed by atoms with E-state index in [2.05, 4.69) is 25.7 Å². The van der Waals surface area contributed by atoms with Gasteiger partial charge in [0.25, 0.3) is 0 Å². The lowest BCUT2D eigenvalue weighted by atomic mass is 9.91. The van der Waals surface area contributed by atoms with Crippen LogP contribution in [0.3, 0.4) is 0 Å². The van der Waals surface area contributed by atoms with Crippen LogP contribution in [0.4, 0.5) is 0 Å². The molecule has 0 spiro atoms. The van der Waals surface area contributed by atoms with Crippen molar-refractivity contribution >= 4 is 0 Å². The zero-order valence-corrected chi connectivity index (χ0v) is 10.8. The Hall–Kier alpha value is -0.0800. The highest BCUT2D eigenvalue weighted by Gasteiger charge is 2.34. The van der Waals surface area contributed by atoms with E-state index in [0.717, 1.165) is 19.1 Å². The Morgan fingerprint density at radius 3 is 2.27 bits per heavy atom. The fourth-order valence-corrected chi connectivity index (χ4v) is 3.20. The van der Waals surface area contributed by atoms with Gasteiger partial charge in [-0.2, -0.15) is 0 Å². The van der Waals surface area contributed by atoms with Crippen LogP contribution in [0, 0.1) is 0 Å². The smallest absolute Gasteiger partial charge is 0.0306 e. The third-order valence-corrected chi connectivity index (χ3v) is 4.03. The molecule has 0 bridgehead atoms. The van der Waals surface area contributed by atoms with E-state index < -0.39 is 0 Å². The second kappa shape index (κ2) is 5.86. The number of hydrogen-bond donors (Lipinski definition) is 1. The highest BCUT2D eigenvalue weighted by molar-refractivity contribution is 4.92. The molecule has 15 heavy (non-hydrogen) atoms. The quantitative estimate of drug-likeness (QED) is 0.733. The largest absolute Gasteiger partial charge is 0.329 e. The van der Waals surface area contributed by atoms with Gasteiger partial charge < -0.3 is 5.73 Å². The van der Waals surface area contributed by atoms with Crippen LogP contribution in [0.25, 0.3) is 0 Å². The summed E-state index contributed by atoms with van der Waals surface area (Å²) in [6.45, 7) is 8.83. The summed E-state index contributed by atoms with van der Waals surface area (Å²) in [6, 6.07) is 0.801. The molecule has 0 saturated heterocycles. The molecule has 0 aliphatic heterocycles. The molecule has 90 valence electrons. The SMILES string of the molecule is CCCC(C)(CN)N(CC)C1CCCC1. The maximum absolute atomic E-state index is 6.00. The summed E-state index contributed by atoms with van der Waals surface area (Å²) in [5, 5.41) is 0. The molecule has 1 unspecified atom stereocenters. The molecule has 0 aromatic rings. The van der Waals surface area contributed by atoms with Gasteiger partial charge in [0.1, 0.15) is 0 Å². The van der Waals surface area contributed by atoms with Crippen LogP contribution < -0.4 is 5.73 Å². The Morgan fingerprint density at radius 2 is 1.87 bits per heavy atom. The zero-order chi connectivity index (χ0) is 11.3. The lowest BCUT2D eigenvalue weighted by Crippen LogP contribution is -2.55. The van der Waals surface area contributed by atoms with Gasteiger partial charge in [-0.25, -0.2) is 0 Å². The molecule has 2 nitrogen and oxygen atoms in total. The van der Waals surface area contributed by atoms with E-state index in [-0.39, 0.29) is 5.54 Å². The maximum atomic E-state index is 6.00. The van der Waals surface area contributed by atoms with Crippen LogP contribution >= 0.6 is 0 Å². The second-order valence-corrected chi connectivity index (χ2v) is 5.18. The highest BCUT2D eigenvalue weighted by Crippen LogP contribution is 2.31. The summed E-state index contributed by atoms with van der Waals surface area (Å²) in [6.07, 6.45) is 8.05. The first-order valence-corrected chi connectivity index (χ1v) is 6.64. The van der Waals surface area contributed by atoms with E-state index in [1.54, 1.807) is 0 Å². The second-order valence-electron chi connectivity index (χ2n) is 5.18. The molecule has 0 aromatic carbocycles. The number of rotatable bonds is 6. The van der Waals surface area contributed by atoms with Crippen molar-refractivity contribution in [3.05, 3.63) is 0 Å². The third kappa shape index (κ3) is 2.94. The molecule has 0 amide bonds. The van der Waals surface area contributed by atoms with Crippen LogP contribution in [-0.2, 0) is 0 Å². The monoisotopic (exact) mass is 212 g/mol. The van der Waals surface area contributed by atoms with Gasteiger partial charge in [0.05, 0.1) is 0 Å². The van der Waals surface area contributed by atoms with Crippen molar-refractivity contribution < 1.29 is 0 Å². The normalized spacial score (nSPS) is 22.2. The fraction of sp³-hybridized carbons (Fsp3) is 1.00. The Kier molecular flexibility index (Phi) is 5.07. The molecule has 2 N–H and O–H groups in total. The average molecular weight is 212 g/mol. The fourth-order valence-electron chi connectivity index (χ4n) is 3.20. The molecule has 1 rings (SSSR count). The predicted molar refractivity (Wildman–Crippen MR) is 67.0 cm³/mol. The Labute approximate surface area is 95.2 Å². The topological polar surface area (TPSA) is 29.3 Å². The van der Waals surface area contributed by atoms with Crippen LogP contribution in [0.15, 0.2) is 0 Å². The highest BCUT2D eigenvalue weighted by atomic mass is 15.2. The van der Waals surface area contributed by atoms with E-state index in [1.807, 2.05) is 0 Å². The predicted octanol–water partition coefficient (Wildman–Crippen LogP) is 2.77. The first-order chi connectivity index (χ1) is 7.18. The van der Waals surface area contributed by atoms with Crippen molar-refractivity contribution in [1.29, 1.82) is 0 Å². The molecule has 1 atom stereocenters. The van der Waals surface area contributed by atoms with Crippen LogP contribution in [0.1, 0.15) is 59.3 Å². The molecule has 1 saturated carbocycles. The van der Waals surface area contributed by atoms with Gasteiger partial charge in [-0.1, -0.05) is 33.1 Å².